The Morgan fingerprint density at radius 1 is 1.60 bits per heavy atom. The maximum absolute atomic E-state index is 11.8. The topological polar surface area (TPSA) is 70.1 Å². The predicted molar refractivity (Wildman–Crippen MR) is 53.2 cm³/mol. The first-order chi connectivity index (χ1) is 7.11. The Morgan fingerprint density at radius 3 is 2.80 bits per heavy atom. The molecule has 15 heavy (non-hydrogen) atoms. The maximum atomic E-state index is 11.8. The molecule has 3 atom stereocenters. The van der Waals surface area contributed by atoms with Crippen LogP contribution in [-0.2, 0) is 9.53 Å². The Balaban J connectivity index is 2.47. The van der Waals surface area contributed by atoms with Gasteiger partial charge < -0.3 is 14.9 Å². The second-order valence-corrected chi connectivity index (χ2v) is 3.86. The van der Waals surface area contributed by atoms with Gasteiger partial charge in [0.25, 0.3) is 0 Å². The van der Waals surface area contributed by atoms with E-state index in [2.05, 4.69) is 0 Å². The van der Waals surface area contributed by atoms with Crippen LogP contribution < -0.4 is 0 Å². The summed E-state index contributed by atoms with van der Waals surface area (Å²) in [5, 5.41) is 19.0. The molecule has 0 spiro atoms. The Morgan fingerprint density at radius 2 is 2.27 bits per heavy atom. The number of fused-ring (bicyclic) bond motifs is 1. The number of allylic oxidation sites excluding steroid dienone is 2. The summed E-state index contributed by atoms with van der Waals surface area (Å²) >= 11 is 0. The van der Waals surface area contributed by atoms with Gasteiger partial charge in [-0.25, -0.2) is 0 Å². The summed E-state index contributed by atoms with van der Waals surface area (Å²) in [5.74, 6) is -0.120. The number of hydrogen-bond acceptors (Lipinski definition) is 4. The fraction of sp³-hybridized carbons (Fsp3) is 0.545. The van der Waals surface area contributed by atoms with Gasteiger partial charge in [-0.1, -0.05) is 6.08 Å². The van der Waals surface area contributed by atoms with Crippen LogP contribution in [-0.4, -0.2) is 40.9 Å². The molecule has 2 aliphatic rings. The van der Waals surface area contributed by atoms with Gasteiger partial charge in [0, 0.05) is 5.57 Å². The third-order valence-corrected chi connectivity index (χ3v) is 3.02. The van der Waals surface area contributed by atoms with E-state index in [0.29, 0.717) is 11.1 Å². The van der Waals surface area contributed by atoms with Crippen molar-refractivity contribution >= 4 is 5.78 Å². The zero-order valence-electron chi connectivity index (χ0n) is 8.73. The number of hydrogen-bond donors (Lipinski definition) is 2. The summed E-state index contributed by atoms with van der Waals surface area (Å²) in [6.45, 7) is 3.30. The van der Waals surface area contributed by atoms with Crippen molar-refractivity contribution in [3.05, 3.63) is 22.8 Å². The molecule has 0 amide bonds. The molecule has 1 fully saturated rings. The molecule has 1 aliphatic carbocycles. The molecule has 1 saturated heterocycles. The van der Waals surface area contributed by atoms with Gasteiger partial charge in [-0.3, -0.25) is 4.79 Å². The van der Waals surface area contributed by atoms with Crippen LogP contribution in [0.5, 0.6) is 0 Å². The van der Waals surface area contributed by atoms with Gasteiger partial charge in [0.2, 0.25) is 0 Å². The highest BCUT2D eigenvalue weighted by Crippen LogP contribution is 2.39. The maximum Gasteiger partial charge on any atom is 0.194 e. The SMILES string of the molecule is C/C=C(\C)C1=C(CO)[C@H](O)[C@H]2O[C@H]2C1=O. The van der Waals surface area contributed by atoms with Gasteiger partial charge in [0.05, 0.1) is 6.61 Å². The van der Waals surface area contributed by atoms with E-state index in [0.717, 1.165) is 5.57 Å². The zero-order chi connectivity index (χ0) is 11.2. The van der Waals surface area contributed by atoms with E-state index in [1.807, 2.05) is 6.92 Å². The normalized spacial score (nSPS) is 35.6. The van der Waals surface area contributed by atoms with Crippen LogP contribution in [0, 0.1) is 0 Å². The molecule has 0 aromatic rings. The number of aliphatic hydroxyl groups is 2. The average molecular weight is 210 g/mol. The molecule has 2 rings (SSSR count). The highest BCUT2D eigenvalue weighted by atomic mass is 16.6. The summed E-state index contributed by atoms with van der Waals surface area (Å²) in [5.41, 5.74) is 1.60. The van der Waals surface area contributed by atoms with Gasteiger partial charge in [0.15, 0.2) is 5.78 Å². The molecule has 1 aliphatic heterocycles. The number of aliphatic hydroxyl groups excluding tert-OH is 2. The predicted octanol–water partition coefficient (Wildman–Crippen LogP) is -0.0475. The van der Waals surface area contributed by atoms with Gasteiger partial charge in [-0.05, 0) is 25.0 Å². The fourth-order valence-electron chi connectivity index (χ4n) is 1.99. The summed E-state index contributed by atoms with van der Waals surface area (Å²) < 4.78 is 5.08. The molecule has 0 saturated carbocycles. The van der Waals surface area contributed by atoms with Crippen LogP contribution in [0.25, 0.3) is 0 Å². The van der Waals surface area contributed by atoms with E-state index in [9.17, 15) is 15.0 Å². The van der Waals surface area contributed by atoms with Gasteiger partial charge in [0.1, 0.15) is 18.3 Å². The summed E-state index contributed by atoms with van der Waals surface area (Å²) in [7, 11) is 0. The van der Waals surface area contributed by atoms with Crippen LogP contribution in [0.1, 0.15) is 13.8 Å². The molecular weight excluding hydrogens is 196 g/mol. The lowest BCUT2D eigenvalue weighted by Crippen LogP contribution is -2.33. The lowest BCUT2D eigenvalue weighted by atomic mass is 9.85. The van der Waals surface area contributed by atoms with Crippen LogP contribution in [0.4, 0.5) is 0 Å². The standard InChI is InChI=1S/C11H14O4/c1-3-5(2)7-6(4-12)8(13)10-11(15-10)9(7)14/h3,8,10-13H,4H2,1-2H3/b5-3+/t8-,10+,11-/m0/s1. The first-order valence-electron chi connectivity index (χ1n) is 4.96. The second kappa shape index (κ2) is 3.56. The number of epoxide rings is 1. The molecule has 0 aromatic heterocycles. The third-order valence-electron chi connectivity index (χ3n) is 3.02. The molecule has 0 aromatic carbocycles. The first kappa shape index (κ1) is 10.5. The van der Waals surface area contributed by atoms with Crippen molar-refractivity contribution in [3.8, 4) is 0 Å². The van der Waals surface area contributed by atoms with Crippen molar-refractivity contribution in [2.45, 2.75) is 32.2 Å². The van der Waals surface area contributed by atoms with Crippen molar-refractivity contribution in [1.29, 1.82) is 0 Å². The molecular formula is C11H14O4. The van der Waals surface area contributed by atoms with E-state index in [-0.39, 0.29) is 12.4 Å². The van der Waals surface area contributed by atoms with Crippen molar-refractivity contribution in [1.82, 2.24) is 0 Å². The van der Waals surface area contributed by atoms with Gasteiger partial charge in [-0.2, -0.15) is 0 Å². The number of rotatable bonds is 2. The fourth-order valence-corrected chi connectivity index (χ4v) is 1.99. The van der Waals surface area contributed by atoms with Crippen LogP contribution in [0.3, 0.4) is 0 Å². The summed E-state index contributed by atoms with van der Waals surface area (Å²) in [6, 6.07) is 0. The highest BCUT2D eigenvalue weighted by molar-refractivity contribution is 6.06. The van der Waals surface area contributed by atoms with Crippen molar-refractivity contribution < 1.29 is 19.7 Å². The molecule has 4 heteroatoms. The Bertz CT molecular complexity index is 367. The minimum atomic E-state index is -0.845. The molecule has 0 radical (unpaired) electrons. The number of carbonyl (C=O) groups is 1. The third kappa shape index (κ3) is 1.45. The van der Waals surface area contributed by atoms with E-state index in [4.69, 9.17) is 4.74 Å². The van der Waals surface area contributed by atoms with Gasteiger partial charge >= 0.3 is 0 Å². The second-order valence-electron chi connectivity index (χ2n) is 3.86. The van der Waals surface area contributed by atoms with Crippen LogP contribution in [0.2, 0.25) is 0 Å². The average Bonchev–Trinajstić information content (AvgIpc) is 3.02. The van der Waals surface area contributed by atoms with Crippen LogP contribution in [0.15, 0.2) is 22.8 Å². The summed E-state index contributed by atoms with van der Waals surface area (Å²) in [4.78, 5) is 11.8. The number of Topliss-reactive ketones (excluding diaryl/α,β-unsaturated/α-hetero) is 1. The monoisotopic (exact) mass is 210 g/mol. The quantitative estimate of drug-likeness (QED) is 0.627. The minimum Gasteiger partial charge on any atom is -0.392 e. The lowest BCUT2D eigenvalue weighted by Gasteiger charge is -2.20. The molecule has 4 nitrogen and oxygen atoms in total. The molecule has 0 unspecified atom stereocenters. The number of ether oxygens (including phenoxy) is 1. The summed E-state index contributed by atoms with van der Waals surface area (Å²) in [6.07, 6.45) is 0.00839. The van der Waals surface area contributed by atoms with Gasteiger partial charge in [-0.15, -0.1) is 0 Å². The van der Waals surface area contributed by atoms with Crippen molar-refractivity contribution in [2.75, 3.05) is 6.61 Å². The zero-order valence-corrected chi connectivity index (χ0v) is 8.73. The minimum absolute atomic E-state index is 0.120. The Kier molecular flexibility index (Phi) is 2.50. The first-order valence-corrected chi connectivity index (χ1v) is 4.96. The van der Waals surface area contributed by atoms with Crippen molar-refractivity contribution in [3.63, 3.8) is 0 Å². The molecule has 0 bridgehead atoms. The largest absolute Gasteiger partial charge is 0.392 e. The highest BCUT2D eigenvalue weighted by Gasteiger charge is 2.55. The van der Waals surface area contributed by atoms with E-state index in [1.54, 1.807) is 13.0 Å². The Labute approximate surface area is 87.9 Å². The van der Waals surface area contributed by atoms with Crippen molar-refractivity contribution in [2.24, 2.45) is 0 Å². The van der Waals surface area contributed by atoms with E-state index >= 15 is 0 Å². The molecule has 2 N–H and O–H groups in total. The van der Waals surface area contributed by atoms with E-state index < -0.39 is 18.3 Å². The van der Waals surface area contributed by atoms with Crippen LogP contribution >= 0.6 is 0 Å². The smallest absolute Gasteiger partial charge is 0.194 e. The van der Waals surface area contributed by atoms with E-state index in [1.165, 1.54) is 0 Å². The Hall–Kier alpha value is -0.970. The number of ketones is 1. The number of carbonyl (C=O) groups excluding carboxylic acids is 1. The lowest BCUT2D eigenvalue weighted by molar-refractivity contribution is -0.116. The molecule has 1 heterocycles. The molecule has 82 valence electrons.